The van der Waals surface area contributed by atoms with Crippen LogP contribution < -0.4 is 15.0 Å². The third-order valence-electron chi connectivity index (χ3n) is 5.66. The van der Waals surface area contributed by atoms with Crippen LogP contribution in [0.4, 0.5) is 5.69 Å². The molecule has 1 aliphatic rings. The fourth-order valence-corrected chi connectivity index (χ4v) is 4.60. The molecule has 4 rings (SSSR count). The van der Waals surface area contributed by atoms with Gasteiger partial charge in [0.25, 0.3) is 0 Å². The van der Waals surface area contributed by atoms with E-state index in [1.54, 1.807) is 11.3 Å². The summed E-state index contributed by atoms with van der Waals surface area (Å²) in [6.45, 7) is 7.67. The quantitative estimate of drug-likeness (QED) is 0.532. The lowest BCUT2D eigenvalue weighted by atomic mass is 10.2. The van der Waals surface area contributed by atoms with Gasteiger partial charge in [-0.15, -0.1) is 11.3 Å². The predicted molar refractivity (Wildman–Crippen MR) is 131 cm³/mol. The third kappa shape index (κ3) is 6.58. The molecule has 2 heterocycles. The first-order valence-corrected chi connectivity index (χ1v) is 12.1. The minimum absolute atomic E-state index is 0.0330. The highest BCUT2D eigenvalue weighted by Crippen LogP contribution is 2.19. The van der Waals surface area contributed by atoms with Crippen LogP contribution in [0, 0.1) is 0 Å². The lowest BCUT2D eigenvalue weighted by Crippen LogP contribution is -2.45. The van der Waals surface area contributed by atoms with Crippen molar-refractivity contribution in [3.05, 3.63) is 82.6 Å². The van der Waals surface area contributed by atoms with Crippen molar-refractivity contribution in [3.8, 4) is 5.75 Å². The maximum absolute atomic E-state index is 12.0. The Morgan fingerprint density at radius 2 is 1.75 bits per heavy atom. The van der Waals surface area contributed by atoms with E-state index >= 15 is 0 Å². The number of nitrogens with one attached hydrogen (secondary N) is 1. The second kappa shape index (κ2) is 11.2. The minimum atomic E-state index is -0.0841. The normalized spacial score (nSPS) is 15.3. The predicted octanol–water partition coefficient (Wildman–Crippen LogP) is 4.20. The molecule has 1 aromatic heterocycles. The average molecular weight is 450 g/mol. The molecule has 1 aliphatic heterocycles. The first kappa shape index (κ1) is 22.4. The van der Waals surface area contributed by atoms with Gasteiger partial charge in [0.15, 0.2) is 0 Å². The highest BCUT2D eigenvalue weighted by atomic mass is 32.1. The van der Waals surface area contributed by atoms with Crippen LogP contribution in [-0.2, 0) is 17.8 Å². The third-order valence-corrected chi connectivity index (χ3v) is 6.54. The van der Waals surface area contributed by atoms with Gasteiger partial charge in [0.05, 0.1) is 13.0 Å². The molecule has 1 N–H and O–H groups in total. The zero-order valence-electron chi connectivity index (χ0n) is 18.6. The molecule has 1 amide bonds. The molecule has 0 unspecified atom stereocenters. The zero-order valence-corrected chi connectivity index (χ0v) is 19.4. The Balaban J connectivity index is 1.17. The van der Waals surface area contributed by atoms with Gasteiger partial charge in [-0.2, -0.15) is 0 Å². The van der Waals surface area contributed by atoms with Crippen molar-refractivity contribution in [2.75, 3.05) is 37.6 Å². The maximum atomic E-state index is 12.0. The highest BCUT2D eigenvalue weighted by molar-refractivity contribution is 7.10. The summed E-state index contributed by atoms with van der Waals surface area (Å²) < 4.78 is 5.98. The van der Waals surface area contributed by atoms with E-state index in [1.807, 2.05) is 36.6 Å². The van der Waals surface area contributed by atoms with Crippen LogP contribution in [0.2, 0.25) is 0 Å². The Hall–Kier alpha value is -2.83. The van der Waals surface area contributed by atoms with Crippen molar-refractivity contribution in [3.63, 3.8) is 0 Å². The molecule has 0 aliphatic carbocycles. The van der Waals surface area contributed by atoms with Crippen LogP contribution in [0.25, 0.3) is 0 Å². The van der Waals surface area contributed by atoms with E-state index in [0.717, 1.165) is 43.4 Å². The van der Waals surface area contributed by atoms with E-state index in [9.17, 15) is 4.79 Å². The van der Waals surface area contributed by atoms with Gasteiger partial charge in [-0.05, 0) is 48.2 Å². The molecular formula is C26H31N3O2S. The Bertz CT molecular complexity index is 953. The summed E-state index contributed by atoms with van der Waals surface area (Å²) in [5, 5.41) is 4.94. The van der Waals surface area contributed by atoms with Crippen LogP contribution in [0.3, 0.4) is 0 Å². The highest BCUT2D eigenvalue weighted by Gasteiger charge is 2.17. The van der Waals surface area contributed by atoms with Crippen molar-refractivity contribution in [1.82, 2.24) is 10.2 Å². The zero-order chi connectivity index (χ0) is 22.2. The van der Waals surface area contributed by atoms with Crippen LogP contribution in [0.1, 0.15) is 17.4 Å². The van der Waals surface area contributed by atoms with Gasteiger partial charge in [0.2, 0.25) is 5.91 Å². The second-order valence-corrected chi connectivity index (χ2v) is 9.26. The molecule has 1 atom stereocenters. The molecule has 2 aromatic carbocycles. The number of ether oxygens (including phenoxy) is 1. The molecule has 0 spiro atoms. The number of rotatable bonds is 9. The van der Waals surface area contributed by atoms with Gasteiger partial charge in [-0.3, -0.25) is 9.69 Å². The van der Waals surface area contributed by atoms with Crippen molar-refractivity contribution < 1.29 is 9.53 Å². The number of hydrogen-bond donors (Lipinski definition) is 1. The molecule has 0 radical (unpaired) electrons. The standard InChI is InChI=1S/C26H31N3O2S/c1-21(19-27-26(30)18-25-8-5-17-32-25)31-24-11-9-22(10-12-24)20-28-13-15-29(16-14-28)23-6-3-2-4-7-23/h2-12,17,21H,13-16,18-20H2,1H3,(H,27,30)/t21-/m1/s1. The van der Waals surface area contributed by atoms with E-state index in [4.69, 9.17) is 4.74 Å². The summed E-state index contributed by atoms with van der Waals surface area (Å²) in [5.41, 5.74) is 2.60. The number of para-hydroxylation sites is 1. The summed E-state index contributed by atoms with van der Waals surface area (Å²) in [6.07, 6.45) is 0.345. The summed E-state index contributed by atoms with van der Waals surface area (Å²) in [4.78, 5) is 18.1. The molecule has 6 heteroatoms. The van der Waals surface area contributed by atoms with Crippen molar-refractivity contribution in [2.24, 2.45) is 0 Å². The number of anilines is 1. The second-order valence-electron chi connectivity index (χ2n) is 8.23. The largest absolute Gasteiger partial charge is 0.489 e. The maximum Gasteiger partial charge on any atom is 0.225 e. The molecule has 3 aromatic rings. The minimum Gasteiger partial charge on any atom is -0.489 e. The molecule has 1 saturated heterocycles. The van der Waals surface area contributed by atoms with Gasteiger partial charge in [0.1, 0.15) is 11.9 Å². The molecule has 32 heavy (non-hydrogen) atoms. The van der Waals surface area contributed by atoms with E-state index in [-0.39, 0.29) is 12.0 Å². The van der Waals surface area contributed by atoms with Crippen molar-refractivity contribution >= 4 is 22.9 Å². The Labute approximate surface area is 194 Å². The van der Waals surface area contributed by atoms with E-state index in [1.165, 1.54) is 11.3 Å². The first-order chi connectivity index (χ1) is 15.7. The smallest absolute Gasteiger partial charge is 0.225 e. The number of amides is 1. The fourth-order valence-electron chi connectivity index (χ4n) is 3.90. The van der Waals surface area contributed by atoms with Crippen molar-refractivity contribution in [1.29, 1.82) is 0 Å². The van der Waals surface area contributed by atoms with E-state index < -0.39 is 0 Å². The van der Waals surface area contributed by atoms with Gasteiger partial charge < -0.3 is 15.0 Å². The number of benzene rings is 2. The van der Waals surface area contributed by atoms with Gasteiger partial charge >= 0.3 is 0 Å². The topological polar surface area (TPSA) is 44.8 Å². The monoisotopic (exact) mass is 449 g/mol. The Kier molecular flexibility index (Phi) is 7.80. The summed E-state index contributed by atoms with van der Waals surface area (Å²) >= 11 is 1.60. The van der Waals surface area contributed by atoms with Gasteiger partial charge in [0, 0.05) is 43.3 Å². The molecule has 0 bridgehead atoms. The number of thiophene rings is 1. The number of piperazine rings is 1. The number of carbonyl (C=O) groups excluding carboxylic acids is 1. The number of nitrogens with zero attached hydrogens (tertiary/aromatic N) is 2. The summed E-state index contributed by atoms with van der Waals surface area (Å²) in [6, 6.07) is 22.9. The summed E-state index contributed by atoms with van der Waals surface area (Å²) in [5.74, 6) is 0.869. The Morgan fingerprint density at radius 3 is 2.44 bits per heavy atom. The fraction of sp³-hybridized carbons (Fsp3) is 0.346. The lowest BCUT2D eigenvalue weighted by molar-refractivity contribution is -0.120. The lowest BCUT2D eigenvalue weighted by Gasteiger charge is -2.36. The molecule has 1 fully saturated rings. The van der Waals surface area contributed by atoms with Crippen LogP contribution >= 0.6 is 11.3 Å². The van der Waals surface area contributed by atoms with E-state index in [0.29, 0.717) is 13.0 Å². The SMILES string of the molecule is C[C@H](CNC(=O)Cc1cccs1)Oc1ccc(CN2CCN(c3ccccc3)CC2)cc1. The first-order valence-electron chi connectivity index (χ1n) is 11.2. The van der Waals surface area contributed by atoms with Crippen LogP contribution in [0.5, 0.6) is 5.75 Å². The molecule has 0 saturated carbocycles. The van der Waals surface area contributed by atoms with Gasteiger partial charge in [-0.25, -0.2) is 0 Å². The number of hydrogen-bond acceptors (Lipinski definition) is 5. The van der Waals surface area contributed by atoms with Crippen LogP contribution in [0.15, 0.2) is 72.1 Å². The van der Waals surface area contributed by atoms with Crippen LogP contribution in [-0.4, -0.2) is 49.6 Å². The molecule has 168 valence electrons. The number of carbonyl (C=O) groups is 1. The molecule has 5 nitrogen and oxygen atoms in total. The van der Waals surface area contributed by atoms with E-state index in [2.05, 4.69) is 57.6 Å². The van der Waals surface area contributed by atoms with Crippen molar-refractivity contribution in [2.45, 2.75) is 26.0 Å². The average Bonchev–Trinajstić information content (AvgIpc) is 3.33. The summed E-state index contributed by atoms with van der Waals surface area (Å²) in [7, 11) is 0. The molecular weight excluding hydrogens is 418 g/mol. The van der Waals surface area contributed by atoms with Gasteiger partial charge in [-0.1, -0.05) is 36.4 Å². The Morgan fingerprint density at radius 1 is 1.00 bits per heavy atom.